The Bertz CT molecular complexity index is 1180. The molecule has 0 radical (unpaired) electrons. The van der Waals surface area contributed by atoms with Gasteiger partial charge in [-0.05, 0) is 80.3 Å². The third kappa shape index (κ3) is 5.82. The number of urea groups is 1. The summed E-state index contributed by atoms with van der Waals surface area (Å²) in [5.74, 6) is -0.640. The molecule has 10 heteroatoms. The average Bonchev–Trinajstić information content (AvgIpc) is 3.44. The molecule has 0 aromatic heterocycles. The molecule has 1 saturated heterocycles. The summed E-state index contributed by atoms with van der Waals surface area (Å²) in [6, 6.07) is -0.605. The van der Waals surface area contributed by atoms with Crippen LogP contribution in [0.5, 0.6) is 0 Å². The Labute approximate surface area is 254 Å². The summed E-state index contributed by atoms with van der Waals surface area (Å²) in [7, 11) is 0. The van der Waals surface area contributed by atoms with E-state index in [-0.39, 0.29) is 71.4 Å². The van der Waals surface area contributed by atoms with Crippen molar-refractivity contribution in [2.24, 2.45) is 46.2 Å². The highest BCUT2D eigenvalue weighted by atomic mass is 16.5. The van der Waals surface area contributed by atoms with Crippen molar-refractivity contribution in [2.75, 3.05) is 13.1 Å². The molecule has 6 N–H and O–H groups in total. The van der Waals surface area contributed by atoms with Crippen molar-refractivity contribution in [1.29, 1.82) is 0 Å². The van der Waals surface area contributed by atoms with Gasteiger partial charge in [0.1, 0.15) is 6.10 Å². The van der Waals surface area contributed by atoms with Gasteiger partial charge in [-0.25, -0.2) is 4.79 Å². The molecule has 0 aromatic rings. The number of ether oxygens (including phenoxy) is 1. The smallest absolute Gasteiger partial charge is 0.312 e. The minimum Gasteiger partial charge on any atom is -0.393 e. The molecule has 3 amide bonds. The highest BCUT2D eigenvalue weighted by molar-refractivity contribution is 6.01. The number of aliphatic hydroxyl groups is 2. The van der Waals surface area contributed by atoms with Crippen molar-refractivity contribution in [1.82, 2.24) is 10.6 Å². The fourth-order valence-corrected chi connectivity index (χ4v) is 9.89. The van der Waals surface area contributed by atoms with Gasteiger partial charge in [0, 0.05) is 30.2 Å². The van der Waals surface area contributed by atoms with E-state index < -0.39 is 29.9 Å². The summed E-state index contributed by atoms with van der Waals surface area (Å²) >= 11 is 0. The van der Waals surface area contributed by atoms with Crippen molar-refractivity contribution in [3.05, 3.63) is 23.8 Å². The van der Waals surface area contributed by atoms with E-state index >= 15 is 0 Å². The number of Topliss-reactive ketones (excluding diaryl/α,β-unsaturated/α-hetero) is 1. The van der Waals surface area contributed by atoms with E-state index in [9.17, 15) is 29.4 Å². The highest BCUT2D eigenvalue weighted by Crippen LogP contribution is 2.69. The van der Waals surface area contributed by atoms with Crippen LogP contribution in [0.3, 0.4) is 0 Å². The van der Waals surface area contributed by atoms with Crippen LogP contribution in [0.4, 0.5) is 4.79 Å². The maximum Gasteiger partial charge on any atom is 0.312 e. The number of hydrogen-bond donors (Lipinski definition) is 5. The first-order valence-corrected chi connectivity index (χ1v) is 16.2. The quantitative estimate of drug-likeness (QED) is 0.227. The second-order valence-electron chi connectivity index (χ2n) is 14.1. The van der Waals surface area contributed by atoms with Crippen molar-refractivity contribution < 1.29 is 34.1 Å². The molecule has 0 spiro atoms. The average molecular weight is 600 g/mol. The number of ketones is 2. The van der Waals surface area contributed by atoms with E-state index in [0.29, 0.717) is 25.8 Å². The maximum absolute atomic E-state index is 13.3. The highest BCUT2D eigenvalue weighted by Gasteiger charge is 2.68. The fraction of sp³-hybridized carbons (Fsp3) is 0.758. The maximum atomic E-state index is 13.3. The van der Waals surface area contributed by atoms with E-state index in [2.05, 4.69) is 31.4 Å². The lowest BCUT2D eigenvalue weighted by Crippen LogP contribution is -2.57. The molecular formula is C33H49N3O7. The van der Waals surface area contributed by atoms with Crippen LogP contribution >= 0.6 is 0 Å². The number of amides is 3. The summed E-state index contributed by atoms with van der Waals surface area (Å²) < 4.78 is 6.66. The number of primary amides is 1. The van der Waals surface area contributed by atoms with Crippen LogP contribution < -0.4 is 16.4 Å². The topological polar surface area (TPSA) is 168 Å². The second kappa shape index (κ2) is 12.4. The van der Waals surface area contributed by atoms with Crippen LogP contribution in [0.25, 0.3) is 0 Å². The molecular weight excluding hydrogens is 550 g/mol. The first-order valence-electron chi connectivity index (χ1n) is 16.2. The summed E-state index contributed by atoms with van der Waals surface area (Å²) in [6.45, 7) is 6.58. The van der Waals surface area contributed by atoms with Gasteiger partial charge < -0.3 is 31.3 Å². The number of fused-ring (bicyclic) bond motifs is 7. The molecule has 1 aliphatic heterocycles. The number of hydrogen-bond acceptors (Lipinski definition) is 7. The van der Waals surface area contributed by atoms with Gasteiger partial charge in [0.2, 0.25) is 5.91 Å². The van der Waals surface area contributed by atoms with Crippen LogP contribution in [-0.4, -0.2) is 71.2 Å². The lowest BCUT2D eigenvalue weighted by Gasteiger charge is -2.59. The SMILES string of the molecule is CCCC1O[C@@H]2C[C@H]3[C@@H]4CCC5=CC(=O)C=C[C@]5(C)C4[C@@H](O)C[C@]3(C)C2C1[C@H](O)C(=O)CNC(=O)CCCCNC(N)=O. The zero-order valence-electron chi connectivity index (χ0n) is 25.7. The van der Waals surface area contributed by atoms with Crippen molar-refractivity contribution in [2.45, 2.75) is 103 Å². The first kappa shape index (κ1) is 31.9. The molecule has 0 bridgehead atoms. The Kier molecular flexibility index (Phi) is 9.22. The summed E-state index contributed by atoms with van der Waals surface area (Å²) in [4.78, 5) is 48.6. The van der Waals surface area contributed by atoms with Gasteiger partial charge in [0.15, 0.2) is 11.6 Å². The standard InChI is InChI=1S/C33H49N3O7/c1-4-7-24-27(30(41)23(39)17-36-26(40)8-5-6-13-35-31(34)42)29-25(43-24)15-21-20-10-9-18-14-19(37)11-12-32(18,2)28(20)22(38)16-33(21,29)3/h11-12,14,20-22,24-25,27-30,38,41H,4-10,13,15-17H2,1-3H3,(H,36,40)(H3,34,35,42)/t20-,21-,22-,24?,25+,27?,28?,29?,30+,32-,33-/m0/s1. The van der Waals surface area contributed by atoms with E-state index in [1.807, 2.05) is 6.08 Å². The largest absolute Gasteiger partial charge is 0.393 e. The number of nitrogens with one attached hydrogen (secondary N) is 2. The van der Waals surface area contributed by atoms with Gasteiger partial charge in [-0.15, -0.1) is 0 Å². The van der Waals surface area contributed by atoms with Crippen LogP contribution in [0.1, 0.15) is 78.6 Å². The van der Waals surface area contributed by atoms with Gasteiger partial charge in [0.05, 0.1) is 24.9 Å². The minimum atomic E-state index is -1.28. The predicted molar refractivity (Wildman–Crippen MR) is 159 cm³/mol. The number of allylic oxidation sites excluding steroid dienone is 4. The third-order valence-corrected chi connectivity index (χ3v) is 11.6. The Morgan fingerprint density at radius 3 is 2.67 bits per heavy atom. The monoisotopic (exact) mass is 599 g/mol. The van der Waals surface area contributed by atoms with Crippen molar-refractivity contribution in [3.63, 3.8) is 0 Å². The van der Waals surface area contributed by atoms with E-state index in [1.165, 1.54) is 0 Å². The Morgan fingerprint density at radius 1 is 1.19 bits per heavy atom. The third-order valence-electron chi connectivity index (χ3n) is 11.6. The molecule has 1 heterocycles. The van der Waals surface area contributed by atoms with E-state index in [4.69, 9.17) is 10.5 Å². The Hall–Kier alpha value is -2.56. The number of aliphatic hydroxyl groups excluding tert-OH is 2. The summed E-state index contributed by atoms with van der Waals surface area (Å²) in [5.41, 5.74) is 5.49. The molecule has 4 aliphatic carbocycles. The van der Waals surface area contributed by atoms with Crippen molar-refractivity contribution >= 4 is 23.5 Å². The van der Waals surface area contributed by atoms with E-state index in [0.717, 1.165) is 37.7 Å². The van der Waals surface area contributed by atoms with Gasteiger partial charge in [0.25, 0.3) is 0 Å². The van der Waals surface area contributed by atoms with Gasteiger partial charge in [-0.2, -0.15) is 0 Å². The molecule has 4 unspecified atom stereocenters. The Morgan fingerprint density at radius 2 is 1.95 bits per heavy atom. The first-order chi connectivity index (χ1) is 20.4. The number of nitrogens with two attached hydrogens (primary N) is 1. The number of rotatable bonds is 11. The molecule has 3 saturated carbocycles. The van der Waals surface area contributed by atoms with Crippen LogP contribution in [0.2, 0.25) is 0 Å². The molecule has 5 aliphatic rings. The van der Waals surface area contributed by atoms with Gasteiger partial charge in [-0.1, -0.05) is 38.8 Å². The zero-order valence-corrected chi connectivity index (χ0v) is 25.7. The fourth-order valence-electron chi connectivity index (χ4n) is 9.89. The summed E-state index contributed by atoms with van der Waals surface area (Å²) in [5, 5.41) is 28.5. The number of carbonyl (C=O) groups excluding carboxylic acids is 4. The molecule has 5 rings (SSSR count). The van der Waals surface area contributed by atoms with E-state index in [1.54, 1.807) is 12.2 Å². The number of unbranched alkanes of at least 4 members (excludes halogenated alkanes) is 1. The zero-order chi connectivity index (χ0) is 31.1. The minimum absolute atomic E-state index is 0.00647. The molecule has 43 heavy (non-hydrogen) atoms. The Balaban J connectivity index is 1.29. The van der Waals surface area contributed by atoms with Crippen LogP contribution in [0, 0.1) is 40.4 Å². The van der Waals surface area contributed by atoms with Gasteiger partial charge >= 0.3 is 6.03 Å². The molecule has 238 valence electrons. The lowest BCUT2D eigenvalue weighted by atomic mass is 9.46. The van der Waals surface area contributed by atoms with Gasteiger partial charge in [-0.3, -0.25) is 14.4 Å². The number of carbonyl (C=O) groups is 4. The van der Waals surface area contributed by atoms with Crippen LogP contribution in [-0.2, 0) is 19.1 Å². The van der Waals surface area contributed by atoms with Crippen molar-refractivity contribution in [3.8, 4) is 0 Å². The molecule has 0 aromatic carbocycles. The molecule has 4 fully saturated rings. The normalized spacial score (nSPS) is 40.0. The molecule has 11 atom stereocenters. The molecule has 10 nitrogen and oxygen atoms in total. The lowest BCUT2D eigenvalue weighted by molar-refractivity contribution is -0.142. The predicted octanol–water partition coefficient (Wildman–Crippen LogP) is 2.56. The van der Waals surface area contributed by atoms with Crippen LogP contribution in [0.15, 0.2) is 23.8 Å². The summed E-state index contributed by atoms with van der Waals surface area (Å²) in [6.07, 6.45) is 9.26. The second-order valence-corrected chi connectivity index (χ2v) is 14.1.